The number of nitrogens with one attached hydrogen (secondary N) is 1. The van der Waals surface area contributed by atoms with Gasteiger partial charge in [-0.25, -0.2) is 9.97 Å². The van der Waals surface area contributed by atoms with Crippen molar-refractivity contribution in [1.29, 1.82) is 0 Å². The Bertz CT molecular complexity index is 665. The van der Waals surface area contributed by atoms with E-state index < -0.39 is 11.9 Å². The lowest BCUT2D eigenvalue weighted by Gasteiger charge is -2.18. The highest BCUT2D eigenvalue weighted by Gasteiger charge is 2.34. The summed E-state index contributed by atoms with van der Waals surface area (Å²) in [7, 11) is 0. The Morgan fingerprint density at radius 1 is 0.958 bits per heavy atom. The first-order valence-electron chi connectivity index (χ1n) is 8.15. The third kappa shape index (κ3) is 4.21. The minimum atomic E-state index is -4.51. The van der Waals surface area contributed by atoms with Crippen LogP contribution in [0, 0.1) is 0 Å². The molecule has 3 rings (SSSR count). The van der Waals surface area contributed by atoms with Crippen molar-refractivity contribution in [1.82, 2.24) is 15.0 Å². The van der Waals surface area contributed by atoms with E-state index in [0.717, 1.165) is 31.7 Å². The fourth-order valence-corrected chi connectivity index (χ4v) is 2.93. The molecule has 1 N–H and O–H groups in total. The second kappa shape index (κ2) is 7.15. The van der Waals surface area contributed by atoms with Gasteiger partial charge >= 0.3 is 6.18 Å². The minimum absolute atomic E-state index is 0.0587. The number of alkyl halides is 3. The van der Waals surface area contributed by atoms with Gasteiger partial charge in [-0.2, -0.15) is 13.2 Å². The van der Waals surface area contributed by atoms with Gasteiger partial charge in [0.1, 0.15) is 5.82 Å². The fraction of sp³-hybridized carbons (Fsp3) is 0.471. The fourth-order valence-electron chi connectivity index (χ4n) is 2.93. The van der Waals surface area contributed by atoms with Crippen LogP contribution in [-0.2, 0) is 6.18 Å². The number of rotatable bonds is 3. The minimum Gasteiger partial charge on any atom is -0.367 e. The summed E-state index contributed by atoms with van der Waals surface area (Å²) < 4.78 is 39.5. The van der Waals surface area contributed by atoms with Gasteiger partial charge in [0, 0.05) is 30.1 Å². The van der Waals surface area contributed by atoms with Crippen LogP contribution in [0.5, 0.6) is 0 Å². The lowest BCUT2D eigenvalue weighted by molar-refractivity contribution is -0.141. The molecule has 0 spiro atoms. The summed E-state index contributed by atoms with van der Waals surface area (Å²) in [5.41, 5.74) is -0.416. The first-order valence-corrected chi connectivity index (χ1v) is 8.15. The van der Waals surface area contributed by atoms with Crippen molar-refractivity contribution in [3.63, 3.8) is 0 Å². The predicted molar refractivity (Wildman–Crippen MR) is 85.4 cm³/mol. The molecule has 0 saturated heterocycles. The maximum Gasteiger partial charge on any atom is 0.433 e. The van der Waals surface area contributed by atoms with E-state index in [0.29, 0.717) is 5.56 Å². The normalized spacial score (nSPS) is 16.6. The van der Waals surface area contributed by atoms with Gasteiger partial charge in [-0.05, 0) is 25.0 Å². The topological polar surface area (TPSA) is 50.7 Å². The third-order valence-corrected chi connectivity index (χ3v) is 4.16. The number of hydrogen-bond acceptors (Lipinski definition) is 4. The number of nitrogens with zero attached hydrogens (tertiary/aromatic N) is 3. The first-order chi connectivity index (χ1) is 11.5. The summed E-state index contributed by atoms with van der Waals surface area (Å²) in [6, 6.07) is 4.36. The maximum atomic E-state index is 13.2. The molecule has 1 aliphatic rings. The van der Waals surface area contributed by atoms with Gasteiger partial charge in [0.2, 0.25) is 0 Å². The predicted octanol–water partition coefficient (Wildman–Crippen LogP) is 4.69. The molecule has 0 radical (unpaired) electrons. The smallest absolute Gasteiger partial charge is 0.367 e. The van der Waals surface area contributed by atoms with Crippen LogP contribution in [0.3, 0.4) is 0 Å². The molecule has 0 atom stereocenters. The van der Waals surface area contributed by atoms with Crippen molar-refractivity contribution in [2.75, 3.05) is 5.32 Å². The van der Waals surface area contributed by atoms with E-state index in [1.807, 2.05) is 0 Å². The zero-order valence-corrected chi connectivity index (χ0v) is 13.2. The van der Waals surface area contributed by atoms with Crippen LogP contribution in [0.4, 0.5) is 19.0 Å². The zero-order valence-electron chi connectivity index (χ0n) is 13.2. The van der Waals surface area contributed by atoms with Crippen molar-refractivity contribution in [3.8, 4) is 11.4 Å². The Kier molecular flexibility index (Phi) is 4.97. The molecule has 2 heterocycles. The Morgan fingerprint density at radius 2 is 1.62 bits per heavy atom. The van der Waals surface area contributed by atoms with E-state index in [1.54, 1.807) is 12.1 Å². The maximum absolute atomic E-state index is 13.2. The number of aromatic nitrogens is 3. The first kappa shape index (κ1) is 16.7. The molecule has 0 aliphatic heterocycles. The van der Waals surface area contributed by atoms with Crippen molar-refractivity contribution < 1.29 is 13.2 Å². The average molecular weight is 336 g/mol. The van der Waals surface area contributed by atoms with Crippen LogP contribution >= 0.6 is 0 Å². The van der Waals surface area contributed by atoms with E-state index in [4.69, 9.17) is 0 Å². The Balaban J connectivity index is 1.92. The second-order valence-electron chi connectivity index (χ2n) is 6.03. The van der Waals surface area contributed by atoms with E-state index >= 15 is 0 Å². The van der Waals surface area contributed by atoms with Crippen LogP contribution in [0.15, 0.2) is 30.6 Å². The third-order valence-electron chi connectivity index (χ3n) is 4.16. The molecule has 24 heavy (non-hydrogen) atoms. The summed E-state index contributed by atoms with van der Waals surface area (Å²) >= 11 is 0. The van der Waals surface area contributed by atoms with E-state index in [-0.39, 0.29) is 17.7 Å². The van der Waals surface area contributed by atoms with Crippen LogP contribution in [0.1, 0.15) is 44.2 Å². The summed E-state index contributed by atoms with van der Waals surface area (Å²) in [5.74, 6) is 0.291. The van der Waals surface area contributed by atoms with Gasteiger partial charge in [-0.1, -0.05) is 25.7 Å². The van der Waals surface area contributed by atoms with Crippen molar-refractivity contribution in [2.45, 2.75) is 50.7 Å². The highest BCUT2D eigenvalue weighted by atomic mass is 19.4. The van der Waals surface area contributed by atoms with Crippen LogP contribution in [0.2, 0.25) is 0 Å². The highest BCUT2D eigenvalue weighted by molar-refractivity contribution is 5.57. The van der Waals surface area contributed by atoms with E-state index in [2.05, 4.69) is 20.3 Å². The van der Waals surface area contributed by atoms with E-state index in [9.17, 15) is 13.2 Å². The largest absolute Gasteiger partial charge is 0.433 e. The quantitative estimate of drug-likeness (QED) is 0.826. The molecule has 1 aliphatic carbocycles. The van der Waals surface area contributed by atoms with Crippen LogP contribution < -0.4 is 5.32 Å². The molecule has 0 bridgehead atoms. The number of pyridine rings is 1. The average Bonchev–Trinajstić information content (AvgIpc) is 2.83. The van der Waals surface area contributed by atoms with Gasteiger partial charge in [0.05, 0.1) is 0 Å². The molecular weight excluding hydrogens is 317 g/mol. The monoisotopic (exact) mass is 336 g/mol. The van der Waals surface area contributed by atoms with Crippen molar-refractivity contribution >= 4 is 5.82 Å². The summed E-state index contributed by atoms with van der Waals surface area (Å²) in [6.45, 7) is 0. The lowest BCUT2D eigenvalue weighted by atomic mass is 10.1. The molecule has 1 saturated carbocycles. The number of hydrogen-bond donors (Lipinski definition) is 1. The Hall–Kier alpha value is -2.18. The molecular formula is C17H19F3N4. The van der Waals surface area contributed by atoms with Gasteiger partial charge in [-0.15, -0.1) is 0 Å². The summed E-state index contributed by atoms with van der Waals surface area (Å²) in [5, 5.41) is 3.18. The standard InChI is InChI=1S/C17H19F3N4/c18-17(19,20)14-11-15(22-13-5-3-1-2-4-6-13)24-16(23-14)12-7-9-21-10-8-12/h7-11,13H,1-6H2,(H,22,23,24). The number of halogens is 3. The van der Waals surface area contributed by atoms with E-state index in [1.165, 1.54) is 25.2 Å². The molecule has 2 aromatic heterocycles. The summed E-state index contributed by atoms with van der Waals surface area (Å²) in [4.78, 5) is 11.8. The van der Waals surface area contributed by atoms with Gasteiger partial charge < -0.3 is 5.32 Å². The SMILES string of the molecule is FC(F)(F)c1cc(NC2CCCCCC2)nc(-c2ccncc2)n1. The molecule has 128 valence electrons. The Labute approximate surface area is 138 Å². The van der Waals surface area contributed by atoms with Gasteiger partial charge in [0.25, 0.3) is 0 Å². The zero-order chi connectivity index (χ0) is 17.0. The molecule has 0 amide bonds. The lowest BCUT2D eigenvalue weighted by Crippen LogP contribution is -2.20. The molecule has 4 nitrogen and oxygen atoms in total. The molecule has 1 fully saturated rings. The van der Waals surface area contributed by atoms with Crippen LogP contribution in [-0.4, -0.2) is 21.0 Å². The Morgan fingerprint density at radius 3 is 2.25 bits per heavy atom. The molecule has 7 heteroatoms. The van der Waals surface area contributed by atoms with Crippen LogP contribution in [0.25, 0.3) is 11.4 Å². The van der Waals surface area contributed by atoms with Gasteiger partial charge in [-0.3, -0.25) is 4.98 Å². The summed E-state index contributed by atoms with van der Waals surface area (Å²) in [6.07, 6.45) is 4.96. The van der Waals surface area contributed by atoms with Crippen molar-refractivity contribution in [3.05, 3.63) is 36.3 Å². The molecule has 0 aromatic carbocycles. The highest BCUT2D eigenvalue weighted by Crippen LogP contribution is 2.31. The van der Waals surface area contributed by atoms with Crippen molar-refractivity contribution in [2.24, 2.45) is 0 Å². The number of anilines is 1. The van der Waals surface area contributed by atoms with Gasteiger partial charge in [0.15, 0.2) is 11.5 Å². The second-order valence-corrected chi connectivity index (χ2v) is 6.03. The molecule has 0 unspecified atom stereocenters. The molecule has 2 aromatic rings.